The maximum absolute atomic E-state index is 13.9. The molecule has 0 spiro atoms. The van der Waals surface area contributed by atoms with Gasteiger partial charge in [-0.2, -0.15) is 5.10 Å². The number of rotatable bonds is 6. The second-order valence-electron chi connectivity index (χ2n) is 10.7. The lowest BCUT2D eigenvalue weighted by Gasteiger charge is -2.36. The van der Waals surface area contributed by atoms with Crippen LogP contribution in [0.4, 0.5) is 11.5 Å². The number of carbonyl (C=O) groups is 1. The summed E-state index contributed by atoms with van der Waals surface area (Å²) in [5.41, 5.74) is 9.24. The molecule has 1 aromatic carbocycles. The number of aromatic nitrogens is 3. The van der Waals surface area contributed by atoms with Gasteiger partial charge in [0.2, 0.25) is 10.0 Å². The topological polar surface area (TPSA) is 126 Å². The molecule has 3 fully saturated rings. The number of hydrogen-bond donors (Lipinski definition) is 2. The molecule has 1 aliphatic carbocycles. The summed E-state index contributed by atoms with van der Waals surface area (Å²) >= 11 is 6.23. The second-order valence-corrected chi connectivity index (χ2v) is 12.9. The van der Waals surface area contributed by atoms with Crippen molar-refractivity contribution in [1.29, 1.82) is 0 Å². The molecule has 10 nitrogen and oxygen atoms in total. The first kappa shape index (κ1) is 25.4. The van der Waals surface area contributed by atoms with E-state index in [9.17, 15) is 13.2 Å². The summed E-state index contributed by atoms with van der Waals surface area (Å²) in [5.74, 6) is 1.03. The van der Waals surface area contributed by atoms with Crippen molar-refractivity contribution in [3.8, 4) is 0 Å². The van der Waals surface area contributed by atoms with Crippen LogP contribution in [0.25, 0.3) is 5.65 Å². The number of piperidine rings is 1. The number of anilines is 2. The molecule has 4 heterocycles. The van der Waals surface area contributed by atoms with Crippen molar-refractivity contribution in [2.45, 2.75) is 56.5 Å². The number of nitrogens with two attached hydrogens (primary N) is 1. The Kier molecular flexibility index (Phi) is 6.48. The van der Waals surface area contributed by atoms with Gasteiger partial charge in [0, 0.05) is 48.7 Å². The molecule has 2 saturated heterocycles. The summed E-state index contributed by atoms with van der Waals surface area (Å²) in [4.78, 5) is 22.9. The maximum Gasteiger partial charge on any atom is 0.256 e. The average Bonchev–Trinajstić information content (AvgIpc) is 3.24. The van der Waals surface area contributed by atoms with Gasteiger partial charge in [0.25, 0.3) is 5.91 Å². The SMILES string of the molecule is CS(=O)(=O)Nc1ccc(Cl)cc1C(=O)N1CCCC[C@H]1c1cc2nc(N3CCC3)cc(C3CC(N)C3)n2n1. The molecule has 1 saturated carbocycles. The Bertz CT molecular complexity index is 1500. The van der Waals surface area contributed by atoms with Crippen LogP contribution in [0, 0.1) is 0 Å². The van der Waals surface area contributed by atoms with Crippen LogP contribution in [0.1, 0.15) is 72.2 Å². The summed E-state index contributed by atoms with van der Waals surface area (Å²) in [6.45, 7) is 2.54. The normalized spacial score (nSPS) is 23.7. The highest BCUT2D eigenvalue weighted by molar-refractivity contribution is 7.92. The van der Waals surface area contributed by atoms with Gasteiger partial charge >= 0.3 is 0 Å². The minimum Gasteiger partial charge on any atom is -0.356 e. The minimum atomic E-state index is -3.58. The number of carbonyl (C=O) groups excluding carboxylic acids is 1. The number of likely N-dealkylation sites (tertiary alicyclic amines) is 1. The molecule has 202 valence electrons. The van der Waals surface area contributed by atoms with E-state index in [1.165, 1.54) is 18.6 Å². The maximum atomic E-state index is 13.9. The van der Waals surface area contributed by atoms with Gasteiger partial charge in [-0.25, -0.2) is 17.9 Å². The lowest BCUT2D eigenvalue weighted by Crippen LogP contribution is -2.39. The van der Waals surface area contributed by atoms with E-state index >= 15 is 0 Å². The predicted molar refractivity (Wildman–Crippen MR) is 147 cm³/mol. The van der Waals surface area contributed by atoms with Crippen LogP contribution in [0.5, 0.6) is 0 Å². The zero-order valence-electron chi connectivity index (χ0n) is 21.3. The van der Waals surface area contributed by atoms with Crippen molar-refractivity contribution in [3.05, 3.63) is 52.3 Å². The Morgan fingerprint density at radius 3 is 2.58 bits per heavy atom. The quantitative estimate of drug-likeness (QED) is 0.474. The Morgan fingerprint density at radius 1 is 1.11 bits per heavy atom. The van der Waals surface area contributed by atoms with E-state index in [1.807, 2.05) is 10.6 Å². The molecule has 12 heteroatoms. The molecule has 38 heavy (non-hydrogen) atoms. The molecule has 0 bridgehead atoms. The Labute approximate surface area is 227 Å². The molecule has 0 radical (unpaired) electrons. The second kappa shape index (κ2) is 9.69. The van der Waals surface area contributed by atoms with Crippen LogP contribution in [0.15, 0.2) is 30.3 Å². The molecule has 1 amide bonds. The highest BCUT2D eigenvalue weighted by Crippen LogP contribution is 2.39. The summed E-state index contributed by atoms with van der Waals surface area (Å²) < 4.78 is 28.3. The molecule has 3 aliphatic rings. The van der Waals surface area contributed by atoms with Crippen LogP contribution < -0.4 is 15.4 Å². The van der Waals surface area contributed by atoms with Gasteiger partial charge in [-0.3, -0.25) is 9.52 Å². The monoisotopic (exact) mass is 557 g/mol. The average molecular weight is 558 g/mol. The zero-order valence-corrected chi connectivity index (χ0v) is 22.9. The number of nitrogens with one attached hydrogen (secondary N) is 1. The first-order valence-electron chi connectivity index (χ1n) is 13.2. The molecule has 0 unspecified atom stereocenters. The number of benzene rings is 1. The first-order valence-corrected chi connectivity index (χ1v) is 15.4. The van der Waals surface area contributed by atoms with Crippen LogP contribution in [-0.2, 0) is 10.0 Å². The third-order valence-corrected chi connectivity index (χ3v) is 8.67. The van der Waals surface area contributed by atoms with Crippen molar-refractivity contribution in [2.75, 3.05) is 35.5 Å². The van der Waals surface area contributed by atoms with E-state index in [0.717, 1.165) is 74.3 Å². The van der Waals surface area contributed by atoms with Gasteiger partial charge in [0.1, 0.15) is 5.82 Å². The molecule has 6 rings (SSSR count). The van der Waals surface area contributed by atoms with Gasteiger partial charge in [-0.05, 0) is 56.7 Å². The van der Waals surface area contributed by atoms with E-state index in [0.29, 0.717) is 17.5 Å². The minimum absolute atomic E-state index is 0.213. The lowest BCUT2D eigenvalue weighted by molar-refractivity contribution is 0.0606. The van der Waals surface area contributed by atoms with E-state index in [4.69, 9.17) is 27.4 Å². The third-order valence-electron chi connectivity index (χ3n) is 7.85. The summed E-state index contributed by atoms with van der Waals surface area (Å²) in [6.07, 6.45) is 6.65. The molecule has 2 aliphatic heterocycles. The molecule has 3 N–H and O–H groups in total. The van der Waals surface area contributed by atoms with Crippen molar-refractivity contribution in [1.82, 2.24) is 19.5 Å². The van der Waals surface area contributed by atoms with E-state index in [2.05, 4.69) is 15.7 Å². The highest BCUT2D eigenvalue weighted by Gasteiger charge is 2.35. The third kappa shape index (κ3) is 4.83. The number of fused-ring (bicyclic) bond motifs is 1. The number of halogens is 1. The number of sulfonamides is 1. The predicted octanol–water partition coefficient (Wildman–Crippen LogP) is 3.54. The van der Waals surface area contributed by atoms with Crippen LogP contribution in [-0.4, -0.2) is 65.8 Å². The molecule has 3 aromatic rings. The van der Waals surface area contributed by atoms with Crippen LogP contribution in [0.2, 0.25) is 5.02 Å². The fourth-order valence-corrected chi connectivity index (χ4v) is 6.43. The van der Waals surface area contributed by atoms with Crippen molar-refractivity contribution < 1.29 is 13.2 Å². The summed E-state index contributed by atoms with van der Waals surface area (Å²) in [6, 6.07) is 8.71. The number of nitrogens with zero attached hydrogens (tertiary/aromatic N) is 5. The number of hydrogen-bond acceptors (Lipinski definition) is 7. The number of amides is 1. The van der Waals surface area contributed by atoms with E-state index in [-0.39, 0.29) is 29.2 Å². The van der Waals surface area contributed by atoms with Crippen molar-refractivity contribution >= 4 is 44.7 Å². The van der Waals surface area contributed by atoms with Gasteiger partial charge in [-0.1, -0.05) is 11.6 Å². The van der Waals surface area contributed by atoms with Crippen LogP contribution >= 0.6 is 11.6 Å². The fraction of sp³-hybridized carbons (Fsp3) is 0.500. The lowest BCUT2D eigenvalue weighted by atomic mass is 9.78. The fourth-order valence-electron chi connectivity index (χ4n) is 5.68. The van der Waals surface area contributed by atoms with E-state index < -0.39 is 10.0 Å². The standard InChI is InChI=1S/C26H32ClN7O3S/c1-38(36,37)31-20-7-6-17(27)13-19(20)26(35)33-10-3-2-5-22(33)21-14-25-29-24(32-8-4-9-32)15-23(34(25)30-21)16-11-18(28)12-16/h6-7,13-16,18,22,31H,2-5,8-12,28H2,1H3/t16?,18?,22-/m0/s1. The Balaban J connectivity index is 1.38. The van der Waals surface area contributed by atoms with Gasteiger partial charge < -0.3 is 15.5 Å². The Morgan fingerprint density at radius 2 is 1.89 bits per heavy atom. The Hall–Kier alpha value is -2.89. The largest absolute Gasteiger partial charge is 0.356 e. The first-order chi connectivity index (χ1) is 18.2. The summed E-state index contributed by atoms with van der Waals surface area (Å²) in [5, 5.41) is 5.36. The molecule has 1 atom stereocenters. The molecular weight excluding hydrogens is 526 g/mol. The van der Waals surface area contributed by atoms with E-state index in [1.54, 1.807) is 11.0 Å². The summed E-state index contributed by atoms with van der Waals surface area (Å²) in [7, 11) is -3.58. The van der Waals surface area contributed by atoms with Gasteiger partial charge in [0.05, 0.1) is 34.9 Å². The smallest absolute Gasteiger partial charge is 0.256 e. The molecular formula is C26H32ClN7O3S. The van der Waals surface area contributed by atoms with Gasteiger partial charge in [-0.15, -0.1) is 0 Å². The molecule has 2 aromatic heterocycles. The van der Waals surface area contributed by atoms with Gasteiger partial charge in [0.15, 0.2) is 5.65 Å². The van der Waals surface area contributed by atoms with Crippen molar-refractivity contribution in [3.63, 3.8) is 0 Å². The van der Waals surface area contributed by atoms with Crippen LogP contribution in [0.3, 0.4) is 0 Å². The highest BCUT2D eigenvalue weighted by atomic mass is 35.5. The van der Waals surface area contributed by atoms with Crippen molar-refractivity contribution in [2.24, 2.45) is 5.73 Å². The zero-order chi connectivity index (χ0) is 26.6.